The fourth-order valence-electron chi connectivity index (χ4n) is 3.45. The minimum Gasteiger partial charge on any atom is -0.354 e. The van der Waals surface area contributed by atoms with Crippen molar-refractivity contribution in [2.45, 2.75) is 46.6 Å². The van der Waals surface area contributed by atoms with Gasteiger partial charge in [0.1, 0.15) is 11.0 Å². The molecule has 3 aromatic rings. The second kappa shape index (κ2) is 11.0. The third-order valence-corrected chi connectivity index (χ3v) is 6.19. The van der Waals surface area contributed by atoms with Crippen molar-refractivity contribution < 1.29 is 9.59 Å². The number of amides is 2. The molecule has 2 N–H and O–H groups in total. The van der Waals surface area contributed by atoms with Crippen molar-refractivity contribution in [2.24, 2.45) is 5.92 Å². The Hall–Kier alpha value is -2.99. The summed E-state index contributed by atoms with van der Waals surface area (Å²) < 4.78 is 0. The van der Waals surface area contributed by atoms with E-state index >= 15 is 0 Å². The predicted molar refractivity (Wildman–Crippen MR) is 131 cm³/mol. The first-order valence-corrected chi connectivity index (χ1v) is 11.9. The zero-order valence-corrected chi connectivity index (χ0v) is 20.0. The van der Waals surface area contributed by atoms with E-state index in [2.05, 4.69) is 41.8 Å². The van der Waals surface area contributed by atoms with E-state index in [4.69, 9.17) is 4.98 Å². The molecule has 0 saturated heterocycles. The SMILES string of the molecule is Cc1ccc(-c2nc(CCNC(=O)C(CC(C)C)NC(=O)c3ccccc3C)cs2)cc1. The van der Waals surface area contributed by atoms with Crippen LogP contribution in [0, 0.1) is 19.8 Å². The number of nitrogens with zero attached hydrogens (tertiary/aromatic N) is 1. The second-order valence-electron chi connectivity index (χ2n) is 8.52. The van der Waals surface area contributed by atoms with E-state index in [1.54, 1.807) is 17.4 Å². The van der Waals surface area contributed by atoms with Gasteiger partial charge in [0, 0.05) is 29.5 Å². The maximum absolute atomic E-state index is 12.8. The van der Waals surface area contributed by atoms with E-state index in [1.165, 1.54) is 5.56 Å². The van der Waals surface area contributed by atoms with Crippen molar-refractivity contribution in [2.75, 3.05) is 6.54 Å². The van der Waals surface area contributed by atoms with Gasteiger partial charge >= 0.3 is 0 Å². The van der Waals surface area contributed by atoms with Gasteiger partial charge in [-0.15, -0.1) is 11.3 Å². The summed E-state index contributed by atoms with van der Waals surface area (Å²) in [5, 5.41) is 8.91. The molecule has 0 spiro atoms. The first kappa shape index (κ1) is 23.7. The monoisotopic (exact) mass is 449 g/mol. The van der Waals surface area contributed by atoms with Crippen molar-refractivity contribution >= 4 is 23.2 Å². The third-order valence-electron chi connectivity index (χ3n) is 5.25. The molecule has 0 aliphatic carbocycles. The van der Waals surface area contributed by atoms with Gasteiger partial charge in [-0.3, -0.25) is 9.59 Å². The maximum atomic E-state index is 12.8. The van der Waals surface area contributed by atoms with Crippen LogP contribution in [0.25, 0.3) is 10.6 Å². The second-order valence-corrected chi connectivity index (χ2v) is 9.38. The van der Waals surface area contributed by atoms with Crippen LogP contribution in [0.1, 0.15) is 47.4 Å². The molecule has 1 atom stereocenters. The predicted octanol–water partition coefficient (Wildman–Crippen LogP) is 4.93. The lowest BCUT2D eigenvalue weighted by Crippen LogP contribution is -2.48. The number of aromatic nitrogens is 1. The lowest BCUT2D eigenvalue weighted by molar-refractivity contribution is -0.123. The van der Waals surface area contributed by atoms with Gasteiger partial charge in [-0.25, -0.2) is 4.98 Å². The highest BCUT2D eigenvalue weighted by molar-refractivity contribution is 7.13. The standard InChI is InChI=1S/C26H31N3O2S/c1-17(2)15-23(29-24(30)22-8-6-5-7-19(22)4)25(31)27-14-13-21-16-32-26(28-21)20-11-9-18(3)10-12-20/h5-12,16-17,23H,13-15H2,1-4H3,(H,27,31)(H,29,30). The topological polar surface area (TPSA) is 71.1 Å². The molecule has 6 heteroatoms. The van der Waals surface area contributed by atoms with Crippen LogP contribution in [0.15, 0.2) is 53.9 Å². The maximum Gasteiger partial charge on any atom is 0.252 e. The first-order valence-electron chi connectivity index (χ1n) is 11.0. The molecular formula is C26H31N3O2S. The number of nitrogens with one attached hydrogen (secondary N) is 2. The van der Waals surface area contributed by atoms with Crippen molar-refractivity contribution in [1.82, 2.24) is 15.6 Å². The summed E-state index contributed by atoms with van der Waals surface area (Å²) in [7, 11) is 0. The smallest absolute Gasteiger partial charge is 0.252 e. The van der Waals surface area contributed by atoms with Gasteiger partial charge in [-0.1, -0.05) is 61.9 Å². The highest BCUT2D eigenvalue weighted by Crippen LogP contribution is 2.24. The van der Waals surface area contributed by atoms with Crippen LogP contribution in [0.3, 0.4) is 0 Å². The van der Waals surface area contributed by atoms with Crippen LogP contribution in [0.5, 0.6) is 0 Å². The first-order chi connectivity index (χ1) is 15.3. The van der Waals surface area contributed by atoms with Crippen molar-refractivity contribution in [1.29, 1.82) is 0 Å². The van der Waals surface area contributed by atoms with E-state index in [0.29, 0.717) is 24.9 Å². The molecule has 1 aromatic heterocycles. The minimum absolute atomic E-state index is 0.158. The molecule has 0 saturated carbocycles. The highest BCUT2D eigenvalue weighted by Gasteiger charge is 2.23. The molecule has 0 aliphatic rings. The lowest BCUT2D eigenvalue weighted by Gasteiger charge is -2.20. The number of hydrogen-bond acceptors (Lipinski definition) is 4. The molecule has 0 aliphatic heterocycles. The van der Waals surface area contributed by atoms with Gasteiger partial charge in [0.15, 0.2) is 0 Å². The lowest BCUT2D eigenvalue weighted by atomic mass is 10.0. The highest BCUT2D eigenvalue weighted by atomic mass is 32.1. The number of rotatable bonds is 9. The molecular weight excluding hydrogens is 418 g/mol. The fourth-order valence-corrected chi connectivity index (χ4v) is 4.31. The number of carbonyl (C=O) groups is 2. The average Bonchev–Trinajstić information content (AvgIpc) is 3.22. The van der Waals surface area contributed by atoms with Crippen LogP contribution in [-0.2, 0) is 11.2 Å². The van der Waals surface area contributed by atoms with Gasteiger partial charge in [-0.2, -0.15) is 0 Å². The normalized spacial score (nSPS) is 11.9. The van der Waals surface area contributed by atoms with Crippen LogP contribution < -0.4 is 10.6 Å². The van der Waals surface area contributed by atoms with Crippen LogP contribution >= 0.6 is 11.3 Å². The molecule has 0 fully saturated rings. The van der Waals surface area contributed by atoms with E-state index < -0.39 is 6.04 Å². The Bertz CT molecular complexity index is 1060. The van der Waals surface area contributed by atoms with Crippen molar-refractivity contribution in [3.63, 3.8) is 0 Å². The van der Waals surface area contributed by atoms with E-state index in [-0.39, 0.29) is 17.7 Å². The summed E-state index contributed by atoms with van der Waals surface area (Å²) in [6.45, 7) is 8.52. The molecule has 0 radical (unpaired) electrons. The van der Waals surface area contributed by atoms with E-state index in [1.807, 2.05) is 44.4 Å². The van der Waals surface area contributed by atoms with Gasteiger partial charge in [0.25, 0.3) is 5.91 Å². The van der Waals surface area contributed by atoms with E-state index in [9.17, 15) is 9.59 Å². The molecule has 168 valence electrons. The Morgan fingerprint density at radius 2 is 1.75 bits per heavy atom. The molecule has 2 aromatic carbocycles. The summed E-state index contributed by atoms with van der Waals surface area (Å²) in [6.07, 6.45) is 1.23. The molecule has 3 rings (SSSR count). The molecule has 32 heavy (non-hydrogen) atoms. The van der Waals surface area contributed by atoms with E-state index in [0.717, 1.165) is 21.8 Å². The molecule has 0 bridgehead atoms. The Kier molecular flexibility index (Phi) is 8.17. The summed E-state index contributed by atoms with van der Waals surface area (Å²) in [4.78, 5) is 30.2. The van der Waals surface area contributed by atoms with Gasteiger partial charge < -0.3 is 10.6 Å². The third kappa shape index (κ3) is 6.50. The summed E-state index contributed by atoms with van der Waals surface area (Å²) >= 11 is 1.61. The average molecular weight is 450 g/mol. The molecule has 1 heterocycles. The Morgan fingerprint density at radius 1 is 1.03 bits per heavy atom. The summed E-state index contributed by atoms with van der Waals surface area (Å²) in [5.41, 5.74) is 4.77. The van der Waals surface area contributed by atoms with Gasteiger partial charge in [-0.05, 0) is 37.8 Å². The molecule has 1 unspecified atom stereocenters. The number of thiazole rings is 1. The number of hydrogen-bond donors (Lipinski definition) is 2. The molecule has 2 amide bonds. The largest absolute Gasteiger partial charge is 0.354 e. The number of carbonyl (C=O) groups excluding carboxylic acids is 2. The van der Waals surface area contributed by atoms with Crippen LogP contribution in [0.4, 0.5) is 0 Å². The zero-order valence-electron chi connectivity index (χ0n) is 19.1. The van der Waals surface area contributed by atoms with Gasteiger partial charge in [0.05, 0.1) is 5.69 Å². The summed E-state index contributed by atoms with van der Waals surface area (Å²) in [6, 6.07) is 15.1. The Balaban J connectivity index is 1.56. The quantitative estimate of drug-likeness (QED) is 0.487. The van der Waals surface area contributed by atoms with Crippen LogP contribution in [-0.4, -0.2) is 29.4 Å². The number of benzene rings is 2. The number of aryl methyl sites for hydroxylation is 2. The minimum atomic E-state index is -0.569. The zero-order chi connectivity index (χ0) is 23.1. The fraction of sp³-hybridized carbons (Fsp3) is 0.346. The van der Waals surface area contributed by atoms with Crippen molar-refractivity contribution in [3.05, 3.63) is 76.3 Å². The van der Waals surface area contributed by atoms with Gasteiger partial charge in [0.2, 0.25) is 5.91 Å². The Labute approximate surface area is 194 Å². The summed E-state index contributed by atoms with van der Waals surface area (Å²) in [5.74, 6) is -0.0979. The Morgan fingerprint density at radius 3 is 2.44 bits per heavy atom. The van der Waals surface area contributed by atoms with Crippen LogP contribution in [0.2, 0.25) is 0 Å². The molecule has 5 nitrogen and oxygen atoms in total. The van der Waals surface area contributed by atoms with Crippen molar-refractivity contribution in [3.8, 4) is 10.6 Å².